The lowest BCUT2D eigenvalue weighted by Gasteiger charge is -2.18. The molecule has 3 aromatic rings. The number of hydrogen-bond donors (Lipinski definition) is 3. The van der Waals surface area contributed by atoms with Crippen molar-refractivity contribution in [2.45, 2.75) is 19.4 Å². The van der Waals surface area contributed by atoms with Crippen LogP contribution in [0.3, 0.4) is 0 Å². The molecule has 0 unspecified atom stereocenters. The number of aliphatic hydroxyl groups excluding tert-OH is 1. The molecule has 1 aromatic heterocycles. The van der Waals surface area contributed by atoms with Gasteiger partial charge in [0, 0.05) is 37.4 Å². The number of carbonyl (C=O) groups is 1. The summed E-state index contributed by atoms with van der Waals surface area (Å²) in [7, 11) is 3.41. The Morgan fingerprint density at radius 2 is 1.91 bits per heavy atom. The van der Waals surface area contributed by atoms with Gasteiger partial charge in [-0.3, -0.25) is 4.79 Å². The lowest BCUT2D eigenvalue weighted by molar-refractivity contribution is 0.0827. The molecule has 0 spiro atoms. The zero-order chi connectivity index (χ0) is 24.0. The summed E-state index contributed by atoms with van der Waals surface area (Å²) in [6, 6.07) is 14.5. The van der Waals surface area contributed by atoms with Crippen LogP contribution in [0, 0.1) is 0 Å². The van der Waals surface area contributed by atoms with Crippen molar-refractivity contribution >= 4 is 17.6 Å². The average molecular weight is 449 g/mol. The van der Waals surface area contributed by atoms with Gasteiger partial charge in [-0.1, -0.05) is 24.3 Å². The van der Waals surface area contributed by atoms with Crippen molar-refractivity contribution in [1.29, 1.82) is 0 Å². The highest BCUT2D eigenvalue weighted by atomic mass is 16.5. The molecule has 5 N–H and O–H groups in total. The molecule has 0 saturated carbocycles. The minimum atomic E-state index is -0.587. The number of hydrazone groups is 1. The summed E-state index contributed by atoms with van der Waals surface area (Å²) < 4.78 is 5.98. The summed E-state index contributed by atoms with van der Waals surface area (Å²) in [4.78, 5) is 22.5. The highest BCUT2D eigenvalue weighted by Crippen LogP contribution is 2.25. The van der Waals surface area contributed by atoms with Gasteiger partial charge in [-0.2, -0.15) is 0 Å². The van der Waals surface area contributed by atoms with Crippen LogP contribution in [0.5, 0.6) is 0 Å². The van der Waals surface area contributed by atoms with E-state index in [1.165, 1.54) is 4.90 Å². The van der Waals surface area contributed by atoms with Gasteiger partial charge in [0.15, 0.2) is 0 Å². The third-order valence-corrected chi connectivity index (χ3v) is 5.03. The average Bonchev–Trinajstić information content (AvgIpc) is 2.82. The maximum absolute atomic E-state index is 12.1. The topological polar surface area (TPSA) is 140 Å². The summed E-state index contributed by atoms with van der Waals surface area (Å²) in [6.45, 7) is 1.82. The van der Waals surface area contributed by atoms with E-state index in [1.54, 1.807) is 39.3 Å². The first-order chi connectivity index (χ1) is 15.8. The quantitative estimate of drug-likeness (QED) is 0.218. The second kappa shape index (κ2) is 10.6. The Balaban J connectivity index is 1.84. The molecular weight excluding hydrogens is 420 g/mol. The Morgan fingerprint density at radius 3 is 2.55 bits per heavy atom. The van der Waals surface area contributed by atoms with Crippen molar-refractivity contribution < 1.29 is 14.6 Å². The molecule has 0 aliphatic heterocycles. The Labute approximate surface area is 192 Å². The SMILES string of the molecule is C[C@H](O/C(=N\N)c1cccc(CCO)c1)c1nc(-c2ccc(C(=O)N(C)C)cc2)cnc1N. The Bertz CT molecular complexity index is 1150. The molecule has 1 amide bonds. The molecule has 172 valence electrons. The fourth-order valence-corrected chi connectivity index (χ4v) is 3.28. The van der Waals surface area contributed by atoms with Gasteiger partial charge in [0.1, 0.15) is 17.6 Å². The normalized spacial score (nSPS) is 12.3. The van der Waals surface area contributed by atoms with Crippen LogP contribution in [-0.2, 0) is 11.2 Å². The number of nitrogen functional groups attached to an aromatic ring is 1. The first kappa shape index (κ1) is 23.7. The maximum atomic E-state index is 12.1. The van der Waals surface area contributed by atoms with Gasteiger partial charge >= 0.3 is 0 Å². The first-order valence-electron chi connectivity index (χ1n) is 10.4. The predicted octanol–water partition coefficient (Wildman–Crippen LogP) is 2.36. The van der Waals surface area contributed by atoms with E-state index in [4.69, 9.17) is 16.3 Å². The van der Waals surface area contributed by atoms with Gasteiger partial charge in [0.2, 0.25) is 5.90 Å². The number of hydrogen-bond acceptors (Lipinski definition) is 8. The highest BCUT2D eigenvalue weighted by Gasteiger charge is 2.19. The molecule has 0 saturated heterocycles. The summed E-state index contributed by atoms with van der Waals surface area (Å²) in [5.41, 5.74) is 10.1. The Morgan fingerprint density at radius 1 is 1.18 bits per heavy atom. The summed E-state index contributed by atoms with van der Waals surface area (Å²) >= 11 is 0. The van der Waals surface area contributed by atoms with Crippen molar-refractivity contribution in [1.82, 2.24) is 14.9 Å². The number of amides is 1. The number of anilines is 1. The van der Waals surface area contributed by atoms with Crippen LogP contribution in [0.25, 0.3) is 11.3 Å². The number of rotatable bonds is 7. The van der Waals surface area contributed by atoms with Crippen molar-refractivity contribution in [3.8, 4) is 11.3 Å². The van der Waals surface area contributed by atoms with E-state index in [9.17, 15) is 9.90 Å². The van der Waals surface area contributed by atoms with Crippen LogP contribution in [0.4, 0.5) is 5.82 Å². The number of nitrogens with zero attached hydrogens (tertiary/aromatic N) is 4. The zero-order valence-electron chi connectivity index (χ0n) is 18.9. The first-order valence-corrected chi connectivity index (χ1v) is 10.4. The van der Waals surface area contributed by atoms with E-state index in [-0.39, 0.29) is 24.2 Å². The van der Waals surface area contributed by atoms with Crippen LogP contribution < -0.4 is 11.6 Å². The van der Waals surface area contributed by atoms with Gasteiger partial charge in [-0.05, 0) is 43.2 Å². The number of carbonyl (C=O) groups excluding carboxylic acids is 1. The van der Waals surface area contributed by atoms with Crippen LogP contribution in [-0.4, -0.2) is 52.5 Å². The van der Waals surface area contributed by atoms with Crippen molar-refractivity contribution in [2.24, 2.45) is 10.9 Å². The number of aromatic nitrogens is 2. The Hall–Kier alpha value is -3.98. The molecule has 3 rings (SSSR count). The number of nitrogens with two attached hydrogens (primary N) is 2. The van der Waals surface area contributed by atoms with Crippen LogP contribution in [0.15, 0.2) is 59.8 Å². The molecule has 9 heteroatoms. The molecule has 0 radical (unpaired) electrons. The number of ether oxygens (including phenoxy) is 1. The van der Waals surface area contributed by atoms with E-state index in [0.717, 1.165) is 11.1 Å². The van der Waals surface area contributed by atoms with Gasteiger partial charge in [0.05, 0.1) is 11.9 Å². The lowest BCUT2D eigenvalue weighted by Crippen LogP contribution is -2.21. The second-order valence-electron chi connectivity index (χ2n) is 7.67. The molecular formula is C24H28N6O3. The van der Waals surface area contributed by atoms with Crippen LogP contribution in [0.1, 0.15) is 40.2 Å². The molecule has 1 heterocycles. The summed E-state index contributed by atoms with van der Waals surface area (Å²) in [6.07, 6.45) is 1.50. The van der Waals surface area contributed by atoms with E-state index in [1.807, 2.05) is 36.4 Å². The van der Waals surface area contributed by atoms with Crippen LogP contribution in [0.2, 0.25) is 0 Å². The fourth-order valence-electron chi connectivity index (χ4n) is 3.28. The third-order valence-electron chi connectivity index (χ3n) is 5.03. The van der Waals surface area contributed by atoms with Gasteiger partial charge in [-0.15, -0.1) is 5.10 Å². The number of aliphatic hydroxyl groups is 1. The van der Waals surface area contributed by atoms with E-state index in [2.05, 4.69) is 15.1 Å². The van der Waals surface area contributed by atoms with Crippen LogP contribution >= 0.6 is 0 Å². The standard InChI is InChI=1S/C24H28N6O3/c1-15(33-23(29-26)19-6-4-5-16(13-19)11-12-31)21-22(25)27-14-20(28-21)17-7-9-18(10-8-17)24(32)30(2)3/h4-10,13-15,31H,11-12,26H2,1-3H3,(H2,25,27)/b29-23-/t15-/m0/s1. The van der Waals surface area contributed by atoms with Gasteiger partial charge < -0.3 is 26.3 Å². The molecule has 0 fully saturated rings. The fraction of sp³-hybridized carbons (Fsp3) is 0.250. The van der Waals surface area contributed by atoms with E-state index in [0.29, 0.717) is 28.9 Å². The zero-order valence-corrected chi connectivity index (χ0v) is 18.9. The van der Waals surface area contributed by atoms with Crippen molar-refractivity contribution in [3.05, 3.63) is 77.1 Å². The van der Waals surface area contributed by atoms with E-state index < -0.39 is 6.10 Å². The predicted molar refractivity (Wildman–Crippen MR) is 127 cm³/mol. The van der Waals surface area contributed by atoms with Crippen molar-refractivity contribution in [3.63, 3.8) is 0 Å². The molecule has 33 heavy (non-hydrogen) atoms. The van der Waals surface area contributed by atoms with Gasteiger partial charge in [0.25, 0.3) is 5.91 Å². The molecule has 1 atom stereocenters. The lowest BCUT2D eigenvalue weighted by atomic mass is 10.1. The molecule has 2 aromatic carbocycles. The minimum absolute atomic E-state index is 0.0407. The monoisotopic (exact) mass is 448 g/mol. The smallest absolute Gasteiger partial charge is 0.253 e. The second-order valence-corrected chi connectivity index (χ2v) is 7.67. The largest absolute Gasteiger partial charge is 0.467 e. The van der Waals surface area contributed by atoms with Crippen molar-refractivity contribution in [2.75, 3.05) is 26.4 Å². The molecule has 0 bridgehead atoms. The van der Waals surface area contributed by atoms with E-state index >= 15 is 0 Å². The molecule has 9 nitrogen and oxygen atoms in total. The Kier molecular flexibility index (Phi) is 7.57. The third kappa shape index (κ3) is 5.64. The minimum Gasteiger partial charge on any atom is -0.467 e. The highest BCUT2D eigenvalue weighted by molar-refractivity contribution is 5.94. The maximum Gasteiger partial charge on any atom is 0.253 e. The molecule has 0 aliphatic carbocycles. The summed E-state index contributed by atoms with van der Waals surface area (Å²) in [5, 5.41) is 13.0. The van der Waals surface area contributed by atoms with Gasteiger partial charge in [-0.25, -0.2) is 9.97 Å². The molecule has 0 aliphatic rings. The number of benzene rings is 2. The summed E-state index contributed by atoms with van der Waals surface area (Å²) in [5.74, 6) is 5.97.